The predicted molar refractivity (Wildman–Crippen MR) is 95.7 cm³/mol. The van der Waals surface area contributed by atoms with Gasteiger partial charge in [0, 0.05) is 19.3 Å². The first-order valence-corrected chi connectivity index (χ1v) is 8.70. The molecule has 2 aromatic heterocycles. The Balaban J connectivity index is 2.42. The number of carboxylic acid groups (broad SMARTS) is 1. The molecule has 10 heteroatoms. The Labute approximate surface area is 156 Å². The van der Waals surface area contributed by atoms with Crippen LogP contribution in [0.25, 0.3) is 22.4 Å². The average Bonchev–Trinajstić information content (AvgIpc) is 2.64. The lowest BCUT2D eigenvalue weighted by molar-refractivity contribution is -0.304. The van der Waals surface area contributed by atoms with Crippen molar-refractivity contribution in [3.8, 4) is 11.4 Å². The summed E-state index contributed by atoms with van der Waals surface area (Å²) >= 11 is 0.769. The molecule has 0 saturated carbocycles. The number of aliphatic carboxylic acids is 1. The number of benzene rings is 1. The van der Waals surface area contributed by atoms with Gasteiger partial charge in [-0.05, 0) is 19.1 Å². The van der Waals surface area contributed by atoms with Gasteiger partial charge >= 0.3 is 5.69 Å². The van der Waals surface area contributed by atoms with E-state index in [2.05, 4.69) is 9.97 Å². The summed E-state index contributed by atoms with van der Waals surface area (Å²) in [5.74, 6) is -1.99. The van der Waals surface area contributed by atoms with Gasteiger partial charge in [-0.25, -0.2) is 19.2 Å². The van der Waals surface area contributed by atoms with Crippen LogP contribution in [0.3, 0.4) is 0 Å². The molecular formula is C17H14FN4O4S-. The molecule has 0 saturated heterocycles. The van der Waals surface area contributed by atoms with Gasteiger partial charge < -0.3 is 9.90 Å². The summed E-state index contributed by atoms with van der Waals surface area (Å²) in [5.41, 5.74) is -1.23. The van der Waals surface area contributed by atoms with E-state index in [1.54, 1.807) is 6.07 Å². The number of rotatable bonds is 4. The minimum atomic E-state index is -1.35. The van der Waals surface area contributed by atoms with Gasteiger partial charge in [0.05, 0.1) is 11.5 Å². The van der Waals surface area contributed by atoms with Gasteiger partial charge in [0.25, 0.3) is 5.56 Å². The fourth-order valence-electron chi connectivity index (χ4n) is 2.49. The smallest absolute Gasteiger partial charge is 0.332 e. The second-order valence-electron chi connectivity index (χ2n) is 5.82. The number of aryl methyl sites for hydroxylation is 1. The van der Waals surface area contributed by atoms with Crippen LogP contribution in [-0.2, 0) is 18.9 Å². The number of carboxylic acids is 1. The summed E-state index contributed by atoms with van der Waals surface area (Å²) in [6, 6.07) is 5.76. The highest BCUT2D eigenvalue weighted by molar-refractivity contribution is 8.00. The largest absolute Gasteiger partial charge is 0.549 e. The van der Waals surface area contributed by atoms with Crippen LogP contribution in [0.1, 0.15) is 6.92 Å². The third kappa shape index (κ3) is 3.23. The average molecular weight is 389 g/mol. The molecule has 1 aromatic carbocycles. The summed E-state index contributed by atoms with van der Waals surface area (Å²) < 4.78 is 16.2. The Hall–Kier alpha value is -3.01. The third-order valence-corrected chi connectivity index (χ3v) is 5.07. The summed E-state index contributed by atoms with van der Waals surface area (Å²) in [5, 5.41) is 10.1. The first-order chi connectivity index (χ1) is 12.7. The zero-order valence-corrected chi connectivity index (χ0v) is 15.4. The van der Waals surface area contributed by atoms with Crippen LogP contribution in [0.4, 0.5) is 4.39 Å². The molecule has 0 aliphatic carbocycles. The van der Waals surface area contributed by atoms with Crippen LogP contribution in [0, 0.1) is 5.82 Å². The minimum Gasteiger partial charge on any atom is -0.549 e. The number of thioether (sulfide) groups is 1. The van der Waals surface area contributed by atoms with E-state index in [0.29, 0.717) is 0 Å². The molecule has 0 aliphatic rings. The van der Waals surface area contributed by atoms with E-state index in [0.717, 1.165) is 20.9 Å². The maximum absolute atomic E-state index is 14.2. The summed E-state index contributed by atoms with van der Waals surface area (Å²) in [4.78, 5) is 44.4. The molecule has 0 amide bonds. The van der Waals surface area contributed by atoms with Gasteiger partial charge in [-0.1, -0.05) is 23.9 Å². The fraction of sp³-hybridized carbons (Fsp3) is 0.235. The zero-order chi connectivity index (χ0) is 19.9. The summed E-state index contributed by atoms with van der Waals surface area (Å²) in [6.07, 6.45) is 0. The van der Waals surface area contributed by atoms with E-state index in [1.807, 2.05) is 0 Å². The lowest BCUT2D eigenvalue weighted by atomic mass is 10.2. The van der Waals surface area contributed by atoms with Crippen molar-refractivity contribution in [2.75, 3.05) is 0 Å². The van der Waals surface area contributed by atoms with E-state index in [-0.39, 0.29) is 27.4 Å². The molecule has 0 bridgehead atoms. The van der Waals surface area contributed by atoms with E-state index in [1.165, 1.54) is 39.2 Å². The predicted octanol–water partition coefficient (Wildman–Crippen LogP) is 0.0638. The number of carbonyl (C=O) groups excluding carboxylic acids is 1. The van der Waals surface area contributed by atoms with Crippen molar-refractivity contribution in [1.29, 1.82) is 0 Å². The van der Waals surface area contributed by atoms with Gasteiger partial charge in [-0.2, -0.15) is 0 Å². The van der Waals surface area contributed by atoms with E-state index in [4.69, 9.17) is 0 Å². The molecule has 3 aromatic rings. The van der Waals surface area contributed by atoms with Crippen LogP contribution >= 0.6 is 11.8 Å². The SMILES string of the molecule is C[C@H](Sc1nc(-c2ccccc2F)nc2c1c(=O)n(C)c(=O)n2C)C(=O)[O-]. The van der Waals surface area contributed by atoms with Crippen molar-refractivity contribution in [2.24, 2.45) is 14.1 Å². The van der Waals surface area contributed by atoms with E-state index < -0.39 is 28.3 Å². The van der Waals surface area contributed by atoms with Crippen molar-refractivity contribution < 1.29 is 14.3 Å². The second kappa shape index (κ2) is 6.95. The Morgan fingerprint density at radius 3 is 2.48 bits per heavy atom. The first kappa shape index (κ1) is 18.8. The molecule has 0 radical (unpaired) electrons. The van der Waals surface area contributed by atoms with E-state index in [9.17, 15) is 23.9 Å². The van der Waals surface area contributed by atoms with Gasteiger partial charge in [-0.15, -0.1) is 0 Å². The van der Waals surface area contributed by atoms with E-state index >= 15 is 0 Å². The van der Waals surface area contributed by atoms with Crippen molar-refractivity contribution in [2.45, 2.75) is 17.2 Å². The maximum Gasteiger partial charge on any atom is 0.332 e. The number of carbonyl (C=O) groups is 1. The zero-order valence-electron chi connectivity index (χ0n) is 14.6. The van der Waals surface area contributed by atoms with Crippen LogP contribution in [0.5, 0.6) is 0 Å². The van der Waals surface area contributed by atoms with Crippen LogP contribution in [0.2, 0.25) is 0 Å². The van der Waals surface area contributed by atoms with Crippen molar-refractivity contribution in [3.63, 3.8) is 0 Å². The highest BCUT2D eigenvalue weighted by Gasteiger charge is 2.21. The number of hydrogen-bond donors (Lipinski definition) is 0. The summed E-state index contributed by atoms with van der Waals surface area (Å²) in [6.45, 7) is 1.38. The summed E-state index contributed by atoms with van der Waals surface area (Å²) in [7, 11) is 2.71. The van der Waals surface area contributed by atoms with Crippen molar-refractivity contribution in [3.05, 3.63) is 50.9 Å². The molecule has 27 heavy (non-hydrogen) atoms. The fourth-order valence-corrected chi connectivity index (χ4v) is 3.36. The topological polar surface area (TPSA) is 110 Å². The number of nitrogens with zero attached hydrogens (tertiary/aromatic N) is 4. The molecular weight excluding hydrogens is 375 g/mol. The van der Waals surface area contributed by atoms with Gasteiger partial charge in [0.2, 0.25) is 0 Å². The van der Waals surface area contributed by atoms with Crippen molar-refractivity contribution >= 4 is 28.8 Å². The highest BCUT2D eigenvalue weighted by atomic mass is 32.2. The van der Waals surface area contributed by atoms with Gasteiger partial charge in [0.15, 0.2) is 11.5 Å². The number of fused-ring (bicyclic) bond motifs is 1. The Morgan fingerprint density at radius 2 is 1.85 bits per heavy atom. The molecule has 0 N–H and O–H groups in total. The molecule has 8 nitrogen and oxygen atoms in total. The third-order valence-electron chi connectivity index (χ3n) is 4.00. The Morgan fingerprint density at radius 1 is 1.19 bits per heavy atom. The second-order valence-corrected chi connectivity index (χ2v) is 7.15. The number of hydrogen-bond acceptors (Lipinski definition) is 7. The molecule has 0 fully saturated rings. The maximum atomic E-state index is 14.2. The van der Waals surface area contributed by atoms with Crippen LogP contribution < -0.4 is 16.4 Å². The van der Waals surface area contributed by atoms with Crippen LogP contribution in [-0.4, -0.2) is 30.3 Å². The molecule has 0 aliphatic heterocycles. The van der Waals surface area contributed by atoms with Gasteiger partial charge in [0.1, 0.15) is 16.2 Å². The Bertz CT molecular complexity index is 1190. The standard InChI is InChI=1S/C17H15FN4O4S/c1-8(16(24)25)27-14-11-13(21(2)17(26)22(3)15(11)23)19-12(20-14)9-6-4-5-7-10(9)18/h4-8H,1-3H3,(H,24,25)/p-1/t8-/m0/s1. The normalized spacial score (nSPS) is 12.3. The monoisotopic (exact) mass is 389 g/mol. The lowest BCUT2D eigenvalue weighted by Gasteiger charge is -2.15. The molecule has 1 atom stereocenters. The lowest BCUT2D eigenvalue weighted by Crippen LogP contribution is -2.38. The molecule has 140 valence electrons. The van der Waals surface area contributed by atoms with Crippen LogP contribution in [0.15, 0.2) is 38.9 Å². The minimum absolute atomic E-state index is 0.00981. The first-order valence-electron chi connectivity index (χ1n) is 7.82. The van der Waals surface area contributed by atoms with Crippen molar-refractivity contribution in [1.82, 2.24) is 19.1 Å². The molecule has 3 rings (SSSR count). The molecule has 0 unspecified atom stereocenters. The molecule has 0 spiro atoms. The quantitative estimate of drug-likeness (QED) is 0.458. The number of halogens is 1. The Kier molecular flexibility index (Phi) is 4.83. The number of aromatic nitrogens is 4. The highest BCUT2D eigenvalue weighted by Crippen LogP contribution is 2.29. The van der Waals surface area contributed by atoms with Gasteiger partial charge in [-0.3, -0.25) is 13.9 Å². The molecule has 2 heterocycles.